The van der Waals surface area contributed by atoms with Gasteiger partial charge in [0.05, 0.1) is 14.5 Å². The third kappa shape index (κ3) is 6.14. The first-order chi connectivity index (χ1) is 15.3. The van der Waals surface area contributed by atoms with E-state index >= 15 is 0 Å². The molecule has 162 valence electrons. The van der Waals surface area contributed by atoms with Crippen molar-refractivity contribution in [1.82, 2.24) is 0 Å². The van der Waals surface area contributed by atoms with E-state index < -0.39 is 5.91 Å². The lowest BCUT2D eigenvalue weighted by atomic mass is 10.1. The van der Waals surface area contributed by atoms with E-state index in [4.69, 9.17) is 27.9 Å². The van der Waals surface area contributed by atoms with E-state index in [2.05, 4.69) is 21.2 Å². The quantitative estimate of drug-likeness (QED) is 0.265. The summed E-state index contributed by atoms with van der Waals surface area (Å²) in [6, 6.07) is 18.3. The molecule has 0 fully saturated rings. The first-order valence-electron chi connectivity index (χ1n) is 9.63. The highest BCUT2D eigenvalue weighted by Crippen LogP contribution is 2.29. The lowest BCUT2D eigenvalue weighted by Gasteiger charge is -2.10. The predicted molar refractivity (Wildman–Crippen MR) is 133 cm³/mol. The number of halogens is 3. The van der Waals surface area contributed by atoms with Gasteiger partial charge in [-0.15, -0.1) is 0 Å². The summed E-state index contributed by atoms with van der Waals surface area (Å²) in [6.45, 7) is 4.20. The molecule has 0 atom stereocenters. The van der Waals surface area contributed by atoms with Gasteiger partial charge < -0.3 is 10.1 Å². The van der Waals surface area contributed by atoms with Crippen LogP contribution in [0, 0.1) is 25.2 Å². The molecule has 3 rings (SSSR count). The molecule has 0 radical (unpaired) electrons. The summed E-state index contributed by atoms with van der Waals surface area (Å²) in [7, 11) is 0. The Morgan fingerprint density at radius 3 is 2.53 bits per heavy atom. The number of nitriles is 1. The molecular formula is C25H19BrCl2N2O2. The molecule has 0 saturated carbocycles. The number of hydrogen-bond acceptors (Lipinski definition) is 3. The molecule has 3 aromatic rings. The minimum absolute atomic E-state index is 0.00125. The number of amides is 1. The van der Waals surface area contributed by atoms with E-state index in [9.17, 15) is 10.1 Å². The van der Waals surface area contributed by atoms with Crippen molar-refractivity contribution < 1.29 is 9.53 Å². The Morgan fingerprint density at radius 1 is 1.09 bits per heavy atom. The van der Waals surface area contributed by atoms with Crippen molar-refractivity contribution in [1.29, 1.82) is 5.26 Å². The van der Waals surface area contributed by atoms with Gasteiger partial charge in [0.2, 0.25) is 0 Å². The lowest BCUT2D eigenvalue weighted by molar-refractivity contribution is -0.112. The zero-order chi connectivity index (χ0) is 23.3. The number of ether oxygens (including phenoxy) is 1. The molecule has 0 aliphatic rings. The van der Waals surface area contributed by atoms with Crippen molar-refractivity contribution >= 4 is 56.8 Å². The van der Waals surface area contributed by atoms with Gasteiger partial charge in [0, 0.05) is 5.69 Å². The Morgan fingerprint density at radius 2 is 1.88 bits per heavy atom. The lowest BCUT2D eigenvalue weighted by Crippen LogP contribution is -2.14. The minimum atomic E-state index is -0.462. The molecule has 0 aliphatic carbocycles. The fraction of sp³-hybridized carbons (Fsp3) is 0.120. The van der Waals surface area contributed by atoms with Crippen molar-refractivity contribution in [2.45, 2.75) is 20.5 Å². The van der Waals surface area contributed by atoms with Gasteiger partial charge in [-0.25, -0.2) is 0 Å². The third-order valence-electron chi connectivity index (χ3n) is 4.64. The number of carbonyl (C=O) groups is 1. The maximum absolute atomic E-state index is 12.6. The number of aryl methyl sites for hydroxylation is 2. The smallest absolute Gasteiger partial charge is 0.266 e. The summed E-state index contributed by atoms with van der Waals surface area (Å²) >= 11 is 15.5. The van der Waals surface area contributed by atoms with Crippen LogP contribution in [0.1, 0.15) is 22.3 Å². The van der Waals surface area contributed by atoms with Crippen LogP contribution in [-0.2, 0) is 11.4 Å². The van der Waals surface area contributed by atoms with Crippen LogP contribution in [0.25, 0.3) is 6.08 Å². The number of carbonyl (C=O) groups excluding carboxylic acids is 1. The Hall–Kier alpha value is -2.78. The van der Waals surface area contributed by atoms with E-state index in [0.29, 0.717) is 38.1 Å². The van der Waals surface area contributed by atoms with Crippen LogP contribution in [0.15, 0.2) is 64.6 Å². The number of rotatable bonds is 6. The van der Waals surface area contributed by atoms with Crippen LogP contribution in [0.3, 0.4) is 0 Å². The molecule has 0 aliphatic heterocycles. The van der Waals surface area contributed by atoms with Gasteiger partial charge in [0.1, 0.15) is 24.0 Å². The van der Waals surface area contributed by atoms with Crippen LogP contribution < -0.4 is 10.1 Å². The summed E-state index contributed by atoms with van der Waals surface area (Å²) < 4.78 is 6.53. The van der Waals surface area contributed by atoms with Gasteiger partial charge in [-0.3, -0.25) is 4.79 Å². The molecule has 0 heterocycles. The summed E-state index contributed by atoms with van der Waals surface area (Å²) in [5.74, 6) is 0.155. The van der Waals surface area contributed by atoms with Gasteiger partial charge in [0.15, 0.2) is 0 Å². The second kappa shape index (κ2) is 10.7. The predicted octanol–water partition coefficient (Wildman–Crippen LogP) is 7.50. The van der Waals surface area contributed by atoms with Crippen molar-refractivity contribution in [3.8, 4) is 11.8 Å². The van der Waals surface area contributed by atoms with E-state index in [1.807, 2.05) is 44.2 Å². The maximum atomic E-state index is 12.6. The fourth-order valence-electron chi connectivity index (χ4n) is 2.97. The second-order valence-corrected chi connectivity index (χ2v) is 8.84. The highest BCUT2D eigenvalue weighted by atomic mass is 79.9. The van der Waals surface area contributed by atoms with Crippen molar-refractivity contribution in [3.63, 3.8) is 0 Å². The summed E-state index contributed by atoms with van der Waals surface area (Å²) in [6.07, 6.45) is 1.53. The fourth-order valence-corrected chi connectivity index (χ4v) is 3.80. The van der Waals surface area contributed by atoms with E-state index in [0.717, 1.165) is 16.7 Å². The number of nitrogens with zero attached hydrogens (tertiary/aromatic N) is 1. The molecule has 0 bridgehead atoms. The first-order valence-corrected chi connectivity index (χ1v) is 11.2. The molecule has 1 N–H and O–H groups in total. The SMILES string of the molecule is Cc1ccc(NC(=O)/C(C#N)=C/c2ccc(OCc3ccc(Cl)c(Cl)c3)c(Br)c2)c(C)c1. The summed E-state index contributed by atoms with van der Waals surface area (Å²) in [5, 5.41) is 13.2. The van der Waals surface area contributed by atoms with E-state index in [1.165, 1.54) is 6.08 Å². The monoisotopic (exact) mass is 528 g/mol. The Bertz CT molecular complexity index is 1250. The van der Waals surface area contributed by atoms with E-state index in [1.54, 1.807) is 30.3 Å². The van der Waals surface area contributed by atoms with Gasteiger partial charge in [-0.1, -0.05) is 53.0 Å². The molecule has 0 spiro atoms. The van der Waals surface area contributed by atoms with Crippen LogP contribution in [-0.4, -0.2) is 5.91 Å². The average molecular weight is 530 g/mol. The minimum Gasteiger partial charge on any atom is -0.488 e. The number of anilines is 1. The molecule has 7 heteroatoms. The van der Waals surface area contributed by atoms with Crippen molar-refractivity contribution in [2.75, 3.05) is 5.32 Å². The Balaban J connectivity index is 1.72. The standard InChI is InChI=1S/C25H19BrCl2N2O2/c1-15-3-7-23(16(2)9-15)30-25(31)19(13-29)10-17-5-8-24(20(26)11-17)32-14-18-4-6-21(27)22(28)12-18/h3-12H,14H2,1-2H3,(H,30,31)/b19-10+. The molecule has 0 saturated heterocycles. The van der Waals surface area contributed by atoms with E-state index in [-0.39, 0.29) is 5.57 Å². The molecule has 0 aromatic heterocycles. The van der Waals surface area contributed by atoms with Crippen LogP contribution in [0.4, 0.5) is 5.69 Å². The van der Waals surface area contributed by atoms with Gasteiger partial charge >= 0.3 is 0 Å². The number of hydrogen-bond donors (Lipinski definition) is 1. The second-order valence-electron chi connectivity index (χ2n) is 7.17. The largest absolute Gasteiger partial charge is 0.488 e. The van der Waals surface area contributed by atoms with Gasteiger partial charge in [-0.2, -0.15) is 5.26 Å². The molecule has 0 unspecified atom stereocenters. The molecule has 1 amide bonds. The third-order valence-corrected chi connectivity index (χ3v) is 6.00. The van der Waals surface area contributed by atoms with Crippen LogP contribution >= 0.6 is 39.1 Å². The summed E-state index contributed by atoms with van der Waals surface area (Å²) in [4.78, 5) is 12.6. The molecular weight excluding hydrogens is 511 g/mol. The Labute approximate surface area is 205 Å². The zero-order valence-corrected chi connectivity index (χ0v) is 20.5. The molecule has 32 heavy (non-hydrogen) atoms. The average Bonchev–Trinajstić information content (AvgIpc) is 2.75. The van der Waals surface area contributed by atoms with Crippen molar-refractivity contribution in [3.05, 3.63) is 96.9 Å². The maximum Gasteiger partial charge on any atom is 0.266 e. The number of benzene rings is 3. The highest BCUT2D eigenvalue weighted by Gasteiger charge is 2.12. The molecule has 4 nitrogen and oxygen atoms in total. The number of nitrogens with one attached hydrogen (secondary N) is 1. The Kier molecular flexibility index (Phi) is 7.98. The first kappa shape index (κ1) is 23.9. The summed E-state index contributed by atoms with van der Waals surface area (Å²) in [5.41, 5.74) is 4.27. The van der Waals surface area contributed by atoms with Gasteiger partial charge in [-0.05, 0) is 82.9 Å². The topological polar surface area (TPSA) is 62.1 Å². The van der Waals surface area contributed by atoms with Gasteiger partial charge in [0.25, 0.3) is 5.91 Å². The van der Waals surface area contributed by atoms with Crippen LogP contribution in [0.5, 0.6) is 5.75 Å². The molecule has 3 aromatic carbocycles. The normalized spacial score (nSPS) is 11.1. The van der Waals surface area contributed by atoms with Crippen molar-refractivity contribution in [2.24, 2.45) is 0 Å². The van der Waals surface area contributed by atoms with Crippen LogP contribution in [0.2, 0.25) is 10.0 Å². The zero-order valence-electron chi connectivity index (χ0n) is 17.4. The highest BCUT2D eigenvalue weighted by molar-refractivity contribution is 9.10.